The molecule has 12 heteroatoms. The average molecular weight is 451 g/mol. The van der Waals surface area contributed by atoms with Gasteiger partial charge in [0.25, 0.3) is 15.7 Å². The van der Waals surface area contributed by atoms with Crippen LogP contribution >= 0.6 is 11.6 Å². The van der Waals surface area contributed by atoms with E-state index in [0.717, 1.165) is 18.2 Å². The van der Waals surface area contributed by atoms with Crippen LogP contribution < -0.4 is 4.72 Å². The molecule has 0 fully saturated rings. The summed E-state index contributed by atoms with van der Waals surface area (Å²) in [5.41, 5.74) is -0.206. The van der Waals surface area contributed by atoms with Crippen LogP contribution in [0.1, 0.15) is 17.3 Å². The molecule has 3 aromatic rings. The largest absolute Gasteiger partial charge is 0.462 e. The van der Waals surface area contributed by atoms with Gasteiger partial charge >= 0.3 is 5.97 Å². The summed E-state index contributed by atoms with van der Waals surface area (Å²) < 4.78 is 34.3. The van der Waals surface area contributed by atoms with Crippen molar-refractivity contribution in [1.82, 2.24) is 9.78 Å². The summed E-state index contributed by atoms with van der Waals surface area (Å²) in [6.45, 7) is 1.68. The van der Waals surface area contributed by atoms with E-state index in [1.165, 1.54) is 10.9 Å². The van der Waals surface area contributed by atoms with Gasteiger partial charge in [-0.3, -0.25) is 14.8 Å². The SMILES string of the molecule is CCOC(=O)c1cnn(-c2ccccc2)c1NS(=O)(=O)c1ccc(Cl)c([N+](=O)[O-])c1. The molecule has 156 valence electrons. The molecule has 2 aromatic carbocycles. The average Bonchev–Trinajstić information content (AvgIpc) is 3.11. The zero-order chi connectivity index (χ0) is 21.9. The van der Waals surface area contributed by atoms with Gasteiger partial charge in [-0.2, -0.15) is 5.10 Å². The molecule has 0 bridgehead atoms. The summed E-state index contributed by atoms with van der Waals surface area (Å²) in [7, 11) is -4.34. The van der Waals surface area contributed by atoms with Crippen LogP contribution in [0.25, 0.3) is 5.69 Å². The molecule has 0 atom stereocenters. The number of nitro groups is 1. The van der Waals surface area contributed by atoms with Crippen molar-refractivity contribution in [2.24, 2.45) is 0 Å². The minimum absolute atomic E-state index is 0.0743. The lowest BCUT2D eigenvalue weighted by atomic mass is 10.3. The summed E-state index contributed by atoms with van der Waals surface area (Å²) in [6.07, 6.45) is 1.17. The summed E-state index contributed by atoms with van der Waals surface area (Å²) >= 11 is 5.76. The van der Waals surface area contributed by atoms with Crippen LogP contribution in [0, 0.1) is 10.1 Å². The van der Waals surface area contributed by atoms with E-state index in [0.29, 0.717) is 5.69 Å². The number of carbonyl (C=O) groups excluding carboxylic acids is 1. The minimum Gasteiger partial charge on any atom is -0.462 e. The van der Waals surface area contributed by atoms with Gasteiger partial charge in [0.2, 0.25) is 0 Å². The third-order valence-corrected chi connectivity index (χ3v) is 5.58. The van der Waals surface area contributed by atoms with E-state index in [1.54, 1.807) is 37.3 Å². The van der Waals surface area contributed by atoms with Gasteiger partial charge in [0, 0.05) is 6.07 Å². The number of nitrogens with one attached hydrogen (secondary N) is 1. The van der Waals surface area contributed by atoms with Crippen LogP contribution in [-0.2, 0) is 14.8 Å². The maximum Gasteiger partial charge on any atom is 0.343 e. The quantitative estimate of drug-likeness (QED) is 0.331. The first-order valence-electron chi connectivity index (χ1n) is 8.52. The molecule has 0 amide bonds. The Morgan fingerprint density at radius 1 is 1.27 bits per heavy atom. The number of nitrogens with zero attached hydrogens (tertiary/aromatic N) is 3. The number of esters is 1. The van der Waals surface area contributed by atoms with Crippen molar-refractivity contribution >= 4 is 39.1 Å². The summed E-state index contributed by atoms with van der Waals surface area (Å²) in [6, 6.07) is 11.6. The van der Waals surface area contributed by atoms with E-state index in [2.05, 4.69) is 9.82 Å². The third-order valence-electron chi connectivity index (χ3n) is 3.92. The number of sulfonamides is 1. The zero-order valence-corrected chi connectivity index (χ0v) is 17.1. The Hall–Kier alpha value is -3.44. The van der Waals surface area contributed by atoms with Crippen molar-refractivity contribution in [1.29, 1.82) is 0 Å². The number of hydrogen-bond donors (Lipinski definition) is 1. The van der Waals surface area contributed by atoms with E-state index >= 15 is 0 Å². The molecule has 3 rings (SSSR count). The van der Waals surface area contributed by atoms with E-state index in [1.807, 2.05) is 0 Å². The number of nitro benzene ring substituents is 1. The van der Waals surface area contributed by atoms with Crippen LogP contribution in [0.3, 0.4) is 0 Å². The predicted octanol–water partition coefficient (Wildman–Crippen LogP) is 3.41. The third kappa shape index (κ3) is 4.26. The number of hydrogen-bond acceptors (Lipinski definition) is 7. The van der Waals surface area contributed by atoms with Gasteiger partial charge in [-0.1, -0.05) is 29.8 Å². The fraction of sp³-hybridized carbons (Fsp3) is 0.111. The Bertz CT molecular complexity index is 1210. The number of rotatable bonds is 7. The van der Waals surface area contributed by atoms with Gasteiger partial charge in [0.15, 0.2) is 5.82 Å². The molecule has 0 saturated carbocycles. The molecular formula is C18H15ClN4O6S. The zero-order valence-electron chi connectivity index (χ0n) is 15.5. The van der Waals surface area contributed by atoms with E-state index < -0.39 is 31.5 Å². The lowest BCUT2D eigenvalue weighted by Crippen LogP contribution is -2.18. The molecular weight excluding hydrogens is 436 g/mol. The standard InChI is InChI=1S/C18H15ClN4O6S/c1-2-29-18(24)14-11-20-22(12-6-4-3-5-7-12)17(14)21-30(27,28)13-8-9-15(19)16(10-13)23(25)26/h3-11,21H,2H2,1H3. The van der Waals surface area contributed by atoms with Gasteiger partial charge in [-0.05, 0) is 31.2 Å². The second-order valence-electron chi connectivity index (χ2n) is 5.85. The smallest absolute Gasteiger partial charge is 0.343 e. The molecule has 10 nitrogen and oxygen atoms in total. The van der Waals surface area contributed by atoms with E-state index in [-0.39, 0.29) is 23.0 Å². The molecule has 1 heterocycles. The lowest BCUT2D eigenvalue weighted by Gasteiger charge is -2.12. The molecule has 0 aliphatic rings. The summed E-state index contributed by atoms with van der Waals surface area (Å²) in [4.78, 5) is 22.2. The Labute approximate surface area is 176 Å². The van der Waals surface area contributed by atoms with Crippen LogP contribution in [0.15, 0.2) is 59.6 Å². The Balaban J connectivity index is 2.10. The number of para-hydroxylation sites is 1. The number of anilines is 1. The second kappa shape index (κ2) is 8.51. The number of benzene rings is 2. The van der Waals surface area contributed by atoms with Crippen LogP contribution in [-0.4, -0.2) is 35.7 Å². The normalized spacial score (nSPS) is 11.1. The molecule has 0 radical (unpaired) electrons. The number of aromatic nitrogens is 2. The molecule has 30 heavy (non-hydrogen) atoms. The number of halogens is 1. The highest BCUT2D eigenvalue weighted by molar-refractivity contribution is 7.92. The van der Waals surface area contributed by atoms with Gasteiger partial charge in [0.1, 0.15) is 10.6 Å². The Morgan fingerprint density at radius 3 is 2.60 bits per heavy atom. The van der Waals surface area contributed by atoms with Crippen molar-refractivity contribution in [3.8, 4) is 5.69 Å². The first kappa shape index (κ1) is 21.3. The van der Waals surface area contributed by atoms with Crippen molar-refractivity contribution in [2.75, 3.05) is 11.3 Å². The predicted molar refractivity (Wildman–Crippen MR) is 108 cm³/mol. The highest BCUT2D eigenvalue weighted by Gasteiger charge is 2.26. The number of carbonyl (C=O) groups is 1. The van der Waals surface area contributed by atoms with Crippen LogP contribution in [0.2, 0.25) is 5.02 Å². The highest BCUT2D eigenvalue weighted by atomic mass is 35.5. The fourth-order valence-electron chi connectivity index (χ4n) is 2.56. The van der Waals surface area contributed by atoms with Gasteiger partial charge in [-0.15, -0.1) is 0 Å². The molecule has 1 aromatic heterocycles. The number of ether oxygens (including phenoxy) is 1. The van der Waals surface area contributed by atoms with Crippen molar-refractivity contribution < 1.29 is 22.9 Å². The Morgan fingerprint density at radius 2 is 1.97 bits per heavy atom. The van der Waals surface area contributed by atoms with E-state index in [9.17, 15) is 23.3 Å². The summed E-state index contributed by atoms with van der Waals surface area (Å²) in [5, 5.41) is 15.0. The van der Waals surface area contributed by atoms with Gasteiger partial charge in [-0.25, -0.2) is 17.9 Å². The maximum absolute atomic E-state index is 12.9. The van der Waals surface area contributed by atoms with Crippen LogP contribution in [0.4, 0.5) is 11.5 Å². The van der Waals surface area contributed by atoms with Crippen molar-refractivity contribution in [3.63, 3.8) is 0 Å². The molecule has 0 aliphatic heterocycles. The monoisotopic (exact) mass is 450 g/mol. The first-order valence-corrected chi connectivity index (χ1v) is 10.4. The second-order valence-corrected chi connectivity index (χ2v) is 7.94. The minimum atomic E-state index is -4.34. The highest BCUT2D eigenvalue weighted by Crippen LogP contribution is 2.29. The lowest BCUT2D eigenvalue weighted by molar-refractivity contribution is -0.384. The first-order chi connectivity index (χ1) is 14.2. The van der Waals surface area contributed by atoms with Gasteiger partial charge in [0.05, 0.1) is 28.3 Å². The van der Waals surface area contributed by atoms with Gasteiger partial charge < -0.3 is 4.74 Å². The van der Waals surface area contributed by atoms with Crippen molar-refractivity contribution in [2.45, 2.75) is 11.8 Å². The molecule has 0 saturated heterocycles. The fourth-order valence-corrected chi connectivity index (χ4v) is 3.82. The Kier molecular flexibility index (Phi) is 6.04. The van der Waals surface area contributed by atoms with Crippen molar-refractivity contribution in [3.05, 3.63) is 75.4 Å². The summed E-state index contributed by atoms with van der Waals surface area (Å²) in [5.74, 6) is -0.947. The molecule has 0 aliphatic carbocycles. The topological polar surface area (TPSA) is 133 Å². The molecule has 1 N–H and O–H groups in total. The maximum atomic E-state index is 12.9. The van der Waals surface area contributed by atoms with Crippen LogP contribution in [0.5, 0.6) is 0 Å². The van der Waals surface area contributed by atoms with E-state index in [4.69, 9.17) is 16.3 Å². The molecule has 0 unspecified atom stereocenters. The molecule has 0 spiro atoms.